The Morgan fingerprint density at radius 3 is 1.29 bits per heavy atom. The van der Waals surface area contributed by atoms with Crippen molar-refractivity contribution in [1.29, 1.82) is 0 Å². The van der Waals surface area contributed by atoms with Gasteiger partial charge in [-0.05, 0) is 24.3 Å². The van der Waals surface area contributed by atoms with E-state index in [-0.39, 0.29) is 49.2 Å². The maximum absolute atomic E-state index is 12.4. The minimum atomic E-state index is -4.48. The molecule has 0 fully saturated rings. The summed E-state index contributed by atoms with van der Waals surface area (Å²) in [6.45, 7) is 1.12. The van der Waals surface area contributed by atoms with Gasteiger partial charge in [0.25, 0.3) is 0 Å². The van der Waals surface area contributed by atoms with Crippen LogP contribution in [0.1, 0.15) is 22.8 Å². The molecule has 2 heterocycles. The van der Waals surface area contributed by atoms with E-state index in [9.17, 15) is 26.3 Å². The number of ether oxygens (including phenoxy) is 4. The first kappa shape index (κ1) is 29.4. The van der Waals surface area contributed by atoms with Gasteiger partial charge in [-0.3, -0.25) is 0 Å². The van der Waals surface area contributed by atoms with Gasteiger partial charge in [0.15, 0.2) is 0 Å². The topological polar surface area (TPSA) is 115 Å². The number of hydrogen-bond acceptors (Lipinski definition) is 8. The van der Waals surface area contributed by atoms with E-state index in [2.05, 4.69) is 9.97 Å². The third-order valence-corrected chi connectivity index (χ3v) is 3.94. The van der Waals surface area contributed by atoms with Crippen LogP contribution in [0.4, 0.5) is 37.7 Å². The van der Waals surface area contributed by atoms with Crippen LogP contribution in [0.5, 0.6) is 0 Å². The van der Waals surface area contributed by atoms with Gasteiger partial charge in [-0.25, -0.2) is 9.97 Å². The van der Waals surface area contributed by atoms with Crippen LogP contribution < -0.4 is 11.5 Å². The summed E-state index contributed by atoms with van der Waals surface area (Å²) in [5, 5.41) is 0. The normalized spacial score (nSPS) is 11.8. The van der Waals surface area contributed by atoms with Crippen LogP contribution in [-0.2, 0) is 44.5 Å². The fraction of sp³-hybridized carbons (Fsp3) is 0.500. The number of nitrogens with two attached hydrogens (primary N) is 2. The van der Waals surface area contributed by atoms with E-state index in [0.29, 0.717) is 13.2 Å². The quantitative estimate of drug-likeness (QED) is 0.375. The van der Waals surface area contributed by atoms with Crippen LogP contribution in [0.15, 0.2) is 24.3 Å². The molecule has 0 aliphatic carbocycles. The Kier molecular flexibility index (Phi) is 12.0. The number of hydrogen-bond donors (Lipinski definition) is 2. The van der Waals surface area contributed by atoms with Crippen molar-refractivity contribution >= 4 is 11.4 Å². The summed E-state index contributed by atoms with van der Waals surface area (Å²) in [6.07, 6.45) is -8.95. The van der Waals surface area contributed by atoms with E-state index in [1.165, 1.54) is 26.4 Å². The Labute approximate surface area is 192 Å². The lowest BCUT2D eigenvalue weighted by Gasteiger charge is -2.10. The molecule has 2 rings (SSSR count). The van der Waals surface area contributed by atoms with Crippen molar-refractivity contribution in [1.82, 2.24) is 9.97 Å². The molecule has 0 aliphatic rings. The Balaban J connectivity index is 0.000000340. The highest BCUT2D eigenvalue weighted by Crippen LogP contribution is 2.29. The number of aromatic nitrogens is 2. The molecule has 192 valence electrons. The van der Waals surface area contributed by atoms with Crippen molar-refractivity contribution in [2.24, 2.45) is 0 Å². The standard InChI is InChI=1S/2C10H13F3N2O2/c2*1-16-4-5-17-6-8-7(14)2-3-9(15-8)10(11,12)13/h2*2-3H,4-6,14H2,1H3. The van der Waals surface area contributed by atoms with Crippen LogP contribution in [0.25, 0.3) is 0 Å². The lowest BCUT2D eigenvalue weighted by atomic mass is 10.2. The molecule has 2 aromatic heterocycles. The van der Waals surface area contributed by atoms with E-state index in [4.69, 9.17) is 30.4 Å². The third-order valence-electron chi connectivity index (χ3n) is 3.94. The van der Waals surface area contributed by atoms with Gasteiger partial charge < -0.3 is 30.4 Å². The molecule has 0 saturated heterocycles. The fourth-order valence-corrected chi connectivity index (χ4v) is 2.19. The van der Waals surface area contributed by atoms with E-state index in [0.717, 1.165) is 12.1 Å². The Bertz CT molecular complexity index is 810. The molecule has 0 amide bonds. The first-order chi connectivity index (χ1) is 15.9. The maximum Gasteiger partial charge on any atom is 0.433 e. The van der Waals surface area contributed by atoms with Crippen molar-refractivity contribution in [3.8, 4) is 0 Å². The zero-order valence-electron chi connectivity index (χ0n) is 18.5. The van der Waals surface area contributed by atoms with Gasteiger partial charge in [0.2, 0.25) is 0 Å². The van der Waals surface area contributed by atoms with Gasteiger partial charge in [0.05, 0.1) is 62.4 Å². The van der Waals surface area contributed by atoms with Crippen LogP contribution in [0.3, 0.4) is 0 Å². The second kappa shape index (κ2) is 13.9. The minimum absolute atomic E-state index is 0.0703. The number of anilines is 2. The number of alkyl halides is 6. The van der Waals surface area contributed by atoms with Crippen LogP contribution in [-0.4, -0.2) is 50.6 Å². The van der Waals surface area contributed by atoms with Gasteiger partial charge in [-0.2, -0.15) is 26.3 Å². The minimum Gasteiger partial charge on any atom is -0.397 e. The summed E-state index contributed by atoms with van der Waals surface area (Å²) in [4.78, 5) is 6.85. The highest BCUT2D eigenvalue weighted by atomic mass is 19.4. The maximum atomic E-state index is 12.4. The number of methoxy groups -OCH3 is 2. The molecule has 8 nitrogen and oxygen atoms in total. The van der Waals surface area contributed by atoms with E-state index >= 15 is 0 Å². The van der Waals surface area contributed by atoms with Crippen molar-refractivity contribution < 1.29 is 45.3 Å². The van der Waals surface area contributed by atoms with Crippen molar-refractivity contribution in [3.63, 3.8) is 0 Å². The molecule has 0 atom stereocenters. The summed E-state index contributed by atoms with van der Waals surface area (Å²) in [7, 11) is 3.00. The van der Waals surface area contributed by atoms with Gasteiger partial charge in [0.1, 0.15) is 11.4 Å². The smallest absolute Gasteiger partial charge is 0.397 e. The molecular weight excluding hydrogens is 474 g/mol. The highest BCUT2D eigenvalue weighted by Gasteiger charge is 2.33. The largest absolute Gasteiger partial charge is 0.433 e. The van der Waals surface area contributed by atoms with E-state index < -0.39 is 23.7 Å². The predicted octanol–water partition coefficient (Wildman–Crippen LogP) is 3.69. The number of halogens is 6. The van der Waals surface area contributed by atoms with E-state index in [1.807, 2.05) is 0 Å². The molecular formula is C20H26F6N4O4. The first-order valence-corrected chi connectivity index (χ1v) is 9.68. The molecule has 0 radical (unpaired) electrons. The summed E-state index contributed by atoms with van der Waals surface area (Å²) in [5.74, 6) is 0. The number of pyridine rings is 2. The summed E-state index contributed by atoms with van der Waals surface area (Å²) in [5.41, 5.74) is 9.57. The van der Waals surface area contributed by atoms with Gasteiger partial charge >= 0.3 is 12.4 Å². The molecule has 0 aromatic carbocycles. The van der Waals surface area contributed by atoms with Gasteiger partial charge in [-0.1, -0.05) is 0 Å². The Morgan fingerprint density at radius 2 is 1.00 bits per heavy atom. The van der Waals surface area contributed by atoms with Crippen molar-refractivity contribution in [2.75, 3.05) is 52.1 Å². The Hall–Kier alpha value is -2.68. The van der Waals surface area contributed by atoms with E-state index in [1.54, 1.807) is 0 Å². The third kappa shape index (κ3) is 10.5. The molecule has 4 N–H and O–H groups in total. The SMILES string of the molecule is COCCOCc1nc(C(F)(F)F)ccc1N.COCCOCc1nc(C(F)(F)F)ccc1N. The van der Waals surface area contributed by atoms with Crippen LogP contribution in [0, 0.1) is 0 Å². The lowest BCUT2D eigenvalue weighted by molar-refractivity contribution is -0.142. The zero-order chi connectivity index (χ0) is 25.8. The second-order valence-corrected chi connectivity index (χ2v) is 6.55. The molecule has 0 unspecified atom stereocenters. The average molecular weight is 500 g/mol. The van der Waals surface area contributed by atoms with Crippen molar-refractivity contribution in [2.45, 2.75) is 25.6 Å². The predicted molar refractivity (Wildman–Crippen MR) is 110 cm³/mol. The average Bonchev–Trinajstić information content (AvgIpc) is 2.75. The Morgan fingerprint density at radius 1 is 0.647 bits per heavy atom. The number of nitrogens with zero attached hydrogens (tertiary/aromatic N) is 2. The molecule has 34 heavy (non-hydrogen) atoms. The highest BCUT2D eigenvalue weighted by molar-refractivity contribution is 5.44. The monoisotopic (exact) mass is 500 g/mol. The number of rotatable bonds is 10. The zero-order valence-corrected chi connectivity index (χ0v) is 18.5. The van der Waals surface area contributed by atoms with Gasteiger partial charge in [-0.15, -0.1) is 0 Å². The summed E-state index contributed by atoms with van der Waals surface area (Å²) < 4.78 is 93.9. The van der Waals surface area contributed by atoms with Gasteiger partial charge in [0, 0.05) is 14.2 Å². The lowest BCUT2D eigenvalue weighted by Crippen LogP contribution is -2.12. The number of nitrogen functional groups attached to an aromatic ring is 2. The molecule has 0 bridgehead atoms. The fourth-order valence-electron chi connectivity index (χ4n) is 2.19. The molecule has 0 spiro atoms. The molecule has 0 aliphatic heterocycles. The summed E-state index contributed by atoms with van der Waals surface area (Å²) in [6, 6.07) is 4.03. The molecule has 2 aromatic rings. The molecule has 14 heteroatoms. The van der Waals surface area contributed by atoms with Crippen LogP contribution in [0.2, 0.25) is 0 Å². The van der Waals surface area contributed by atoms with Crippen LogP contribution >= 0.6 is 0 Å². The second-order valence-electron chi connectivity index (χ2n) is 6.55. The first-order valence-electron chi connectivity index (χ1n) is 9.68. The van der Waals surface area contributed by atoms with Crippen molar-refractivity contribution in [3.05, 3.63) is 47.0 Å². The summed E-state index contributed by atoms with van der Waals surface area (Å²) >= 11 is 0. The molecule has 0 saturated carbocycles.